The van der Waals surface area contributed by atoms with Crippen LogP contribution in [-0.4, -0.2) is 24.0 Å². The molecule has 3 nitrogen and oxygen atoms in total. The third-order valence-electron chi connectivity index (χ3n) is 3.30. The lowest BCUT2D eigenvalue weighted by atomic mass is 9.75. The van der Waals surface area contributed by atoms with E-state index in [1.807, 2.05) is 0 Å². The summed E-state index contributed by atoms with van der Waals surface area (Å²) in [4.78, 5) is 11.6. The van der Waals surface area contributed by atoms with Crippen LogP contribution in [0.5, 0.6) is 0 Å². The van der Waals surface area contributed by atoms with Crippen LogP contribution in [0.2, 0.25) is 0 Å². The first-order valence-electron chi connectivity index (χ1n) is 6.12. The van der Waals surface area contributed by atoms with Gasteiger partial charge in [-0.2, -0.15) is 0 Å². The lowest BCUT2D eigenvalue weighted by molar-refractivity contribution is -0.124. The molecule has 0 aliphatic heterocycles. The second kappa shape index (κ2) is 5.50. The van der Waals surface area contributed by atoms with Gasteiger partial charge in [0, 0.05) is 24.5 Å². The van der Waals surface area contributed by atoms with Gasteiger partial charge in [-0.05, 0) is 25.7 Å². The normalized spacial score (nSPS) is 18.7. The van der Waals surface area contributed by atoms with E-state index in [1.165, 1.54) is 6.42 Å². The van der Waals surface area contributed by atoms with Crippen LogP contribution in [0.1, 0.15) is 52.9 Å². The van der Waals surface area contributed by atoms with Crippen molar-refractivity contribution >= 4 is 5.91 Å². The predicted octanol–water partition coefficient (Wildman–Crippen LogP) is 1.82. The average Bonchev–Trinajstić information content (AvgIpc) is 2.11. The molecule has 1 aliphatic rings. The Morgan fingerprint density at radius 1 is 1.40 bits per heavy atom. The first kappa shape index (κ1) is 12.5. The van der Waals surface area contributed by atoms with Gasteiger partial charge in [0.05, 0.1) is 0 Å². The lowest BCUT2D eigenvalue weighted by Gasteiger charge is -2.42. The molecule has 1 rings (SSSR count). The molecule has 0 bridgehead atoms. The summed E-state index contributed by atoms with van der Waals surface area (Å²) in [6.07, 6.45) is 5.24. The Morgan fingerprint density at radius 3 is 2.47 bits per heavy atom. The van der Waals surface area contributed by atoms with Gasteiger partial charge in [-0.3, -0.25) is 4.79 Å². The van der Waals surface area contributed by atoms with Crippen molar-refractivity contribution in [3.8, 4) is 0 Å². The van der Waals surface area contributed by atoms with Crippen LogP contribution in [0.25, 0.3) is 0 Å². The highest BCUT2D eigenvalue weighted by molar-refractivity contribution is 5.77. The molecule has 0 saturated heterocycles. The van der Waals surface area contributed by atoms with Crippen molar-refractivity contribution in [2.45, 2.75) is 64.5 Å². The fourth-order valence-electron chi connectivity index (χ4n) is 2.00. The molecular weight excluding hydrogens is 188 g/mol. The Bertz CT molecular complexity index is 204. The molecule has 1 saturated carbocycles. The summed E-state index contributed by atoms with van der Waals surface area (Å²) in [6, 6.07) is 0.460. The molecule has 0 unspecified atom stereocenters. The quantitative estimate of drug-likeness (QED) is 0.705. The third kappa shape index (κ3) is 3.82. The van der Waals surface area contributed by atoms with E-state index < -0.39 is 0 Å². The number of nitrogens with one attached hydrogen (secondary N) is 2. The molecule has 88 valence electrons. The van der Waals surface area contributed by atoms with E-state index in [2.05, 4.69) is 31.4 Å². The Labute approximate surface area is 93.0 Å². The van der Waals surface area contributed by atoms with E-state index in [1.54, 1.807) is 0 Å². The second-order valence-corrected chi connectivity index (χ2v) is 4.89. The Balaban J connectivity index is 2.17. The standard InChI is InChI=1S/C12H24N2O/c1-4-12(7-5-8-12)14-11(15)6-9-13-10(2)3/h10,13H,4-9H2,1-3H3,(H,14,15). The van der Waals surface area contributed by atoms with Crippen LogP contribution in [0.3, 0.4) is 0 Å². The zero-order valence-electron chi connectivity index (χ0n) is 10.2. The SMILES string of the molecule is CCC1(NC(=O)CCNC(C)C)CCC1. The van der Waals surface area contributed by atoms with Gasteiger partial charge in [0.2, 0.25) is 5.91 Å². The summed E-state index contributed by atoms with van der Waals surface area (Å²) in [6.45, 7) is 7.13. The van der Waals surface area contributed by atoms with Gasteiger partial charge in [0.15, 0.2) is 0 Å². The molecule has 1 fully saturated rings. The third-order valence-corrected chi connectivity index (χ3v) is 3.30. The van der Waals surface area contributed by atoms with Crippen molar-refractivity contribution in [3.63, 3.8) is 0 Å². The number of amides is 1. The number of hydrogen-bond acceptors (Lipinski definition) is 2. The highest BCUT2D eigenvalue weighted by Crippen LogP contribution is 2.34. The van der Waals surface area contributed by atoms with E-state index >= 15 is 0 Å². The largest absolute Gasteiger partial charge is 0.351 e. The van der Waals surface area contributed by atoms with Crippen LogP contribution in [-0.2, 0) is 4.79 Å². The maximum atomic E-state index is 11.6. The summed E-state index contributed by atoms with van der Waals surface area (Å²) in [5.74, 6) is 0.199. The van der Waals surface area contributed by atoms with Crippen molar-refractivity contribution in [2.24, 2.45) is 0 Å². The predicted molar refractivity (Wildman–Crippen MR) is 62.8 cm³/mol. The first-order chi connectivity index (χ1) is 7.08. The van der Waals surface area contributed by atoms with Crippen LogP contribution in [0.4, 0.5) is 0 Å². The molecule has 0 spiro atoms. The van der Waals surface area contributed by atoms with Crippen molar-refractivity contribution in [2.75, 3.05) is 6.54 Å². The topological polar surface area (TPSA) is 41.1 Å². The van der Waals surface area contributed by atoms with Crippen molar-refractivity contribution < 1.29 is 4.79 Å². The number of carbonyl (C=O) groups excluding carboxylic acids is 1. The molecule has 0 aromatic heterocycles. The summed E-state index contributed by atoms with van der Waals surface area (Å²) in [5, 5.41) is 6.43. The summed E-state index contributed by atoms with van der Waals surface area (Å²) >= 11 is 0. The van der Waals surface area contributed by atoms with Crippen LogP contribution >= 0.6 is 0 Å². The maximum Gasteiger partial charge on any atom is 0.221 e. The number of carbonyl (C=O) groups is 1. The molecule has 0 aromatic carbocycles. The number of hydrogen-bond donors (Lipinski definition) is 2. The first-order valence-corrected chi connectivity index (χ1v) is 6.12. The van der Waals surface area contributed by atoms with Crippen LogP contribution in [0, 0.1) is 0 Å². The minimum Gasteiger partial charge on any atom is -0.351 e. The minimum atomic E-state index is 0.148. The molecule has 3 heteroatoms. The number of rotatable bonds is 6. The average molecular weight is 212 g/mol. The molecular formula is C12H24N2O. The molecule has 0 radical (unpaired) electrons. The van der Waals surface area contributed by atoms with Crippen molar-refractivity contribution in [1.29, 1.82) is 0 Å². The van der Waals surface area contributed by atoms with E-state index in [-0.39, 0.29) is 11.4 Å². The van der Waals surface area contributed by atoms with E-state index in [0.717, 1.165) is 25.8 Å². The fourth-order valence-corrected chi connectivity index (χ4v) is 2.00. The molecule has 2 N–H and O–H groups in total. The van der Waals surface area contributed by atoms with Crippen molar-refractivity contribution in [1.82, 2.24) is 10.6 Å². The Morgan fingerprint density at radius 2 is 2.07 bits per heavy atom. The molecule has 1 aliphatic carbocycles. The minimum absolute atomic E-state index is 0.148. The fraction of sp³-hybridized carbons (Fsp3) is 0.917. The summed E-state index contributed by atoms with van der Waals surface area (Å²) in [5.41, 5.74) is 0.148. The zero-order valence-corrected chi connectivity index (χ0v) is 10.2. The van der Waals surface area contributed by atoms with E-state index in [4.69, 9.17) is 0 Å². The molecule has 0 heterocycles. The maximum absolute atomic E-state index is 11.6. The molecule has 0 atom stereocenters. The highest BCUT2D eigenvalue weighted by atomic mass is 16.1. The van der Waals surface area contributed by atoms with Gasteiger partial charge in [0.1, 0.15) is 0 Å². The zero-order chi connectivity index (χ0) is 11.3. The lowest BCUT2D eigenvalue weighted by Crippen LogP contribution is -2.53. The van der Waals surface area contributed by atoms with Crippen LogP contribution < -0.4 is 10.6 Å². The second-order valence-electron chi connectivity index (χ2n) is 4.89. The molecule has 0 aromatic rings. The monoisotopic (exact) mass is 212 g/mol. The van der Waals surface area contributed by atoms with Gasteiger partial charge < -0.3 is 10.6 Å². The van der Waals surface area contributed by atoms with Gasteiger partial charge in [-0.1, -0.05) is 20.8 Å². The summed E-state index contributed by atoms with van der Waals surface area (Å²) < 4.78 is 0. The Hall–Kier alpha value is -0.570. The van der Waals surface area contributed by atoms with Crippen molar-refractivity contribution in [3.05, 3.63) is 0 Å². The van der Waals surface area contributed by atoms with E-state index in [0.29, 0.717) is 12.5 Å². The highest BCUT2D eigenvalue weighted by Gasteiger charge is 2.35. The van der Waals surface area contributed by atoms with Crippen LogP contribution in [0.15, 0.2) is 0 Å². The van der Waals surface area contributed by atoms with Gasteiger partial charge in [-0.25, -0.2) is 0 Å². The Kier molecular flexibility index (Phi) is 4.58. The molecule has 1 amide bonds. The smallest absolute Gasteiger partial charge is 0.221 e. The molecule has 15 heavy (non-hydrogen) atoms. The van der Waals surface area contributed by atoms with Gasteiger partial charge >= 0.3 is 0 Å². The van der Waals surface area contributed by atoms with Gasteiger partial charge in [-0.15, -0.1) is 0 Å². The van der Waals surface area contributed by atoms with E-state index in [9.17, 15) is 4.79 Å². The van der Waals surface area contributed by atoms with Gasteiger partial charge in [0.25, 0.3) is 0 Å². The summed E-state index contributed by atoms with van der Waals surface area (Å²) in [7, 11) is 0.